The van der Waals surface area contributed by atoms with Crippen LogP contribution in [0, 0.1) is 0 Å². The molecule has 0 aromatic rings. The van der Waals surface area contributed by atoms with Crippen molar-refractivity contribution in [2.24, 2.45) is 0 Å². The molecule has 1 rings (SSSR count). The summed E-state index contributed by atoms with van der Waals surface area (Å²) in [5.41, 5.74) is -0.585. The minimum Gasteiger partial charge on any atom is -0.444 e. The lowest BCUT2D eigenvalue weighted by molar-refractivity contribution is -0.00547. The molecule has 0 aliphatic carbocycles. The van der Waals surface area contributed by atoms with Gasteiger partial charge in [0.1, 0.15) is 5.60 Å². The molecule has 1 amide bonds. The molecule has 3 nitrogen and oxygen atoms in total. The van der Waals surface area contributed by atoms with E-state index in [0.29, 0.717) is 5.25 Å². The van der Waals surface area contributed by atoms with Gasteiger partial charge in [0, 0.05) is 17.3 Å². The lowest BCUT2D eigenvalue weighted by Crippen LogP contribution is -2.54. The molecule has 1 unspecified atom stereocenters. The summed E-state index contributed by atoms with van der Waals surface area (Å²) in [6.45, 7) is 10.5. The van der Waals surface area contributed by atoms with Gasteiger partial charge in [0.15, 0.2) is 0 Å². The zero-order valence-electron chi connectivity index (χ0n) is 10.9. The number of carbonyl (C=O) groups excluding carboxylic acids is 1. The molecule has 1 aliphatic heterocycles. The number of carbonyl (C=O) groups is 1. The van der Waals surface area contributed by atoms with Crippen molar-refractivity contribution in [3.05, 3.63) is 0 Å². The van der Waals surface area contributed by atoms with Gasteiger partial charge in [-0.2, -0.15) is 12.6 Å². The summed E-state index contributed by atoms with van der Waals surface area (Å²) in [6, 6.07) is 0. The summed E-state index contributed by atoms with van der Waals surface area (Å²) < 4.78 is 5.41. The van der Waals surface area contributed by atoms with Crippen LogP contribution < -0.4 is 0 Å². The molecule has 0 aromatic heterocycles. The van der Waals surface area contributed by atoms with Crippen LogP contribution in [0.3, 0.4) is 0 Å². The Hall–Kier alpha value is -0.380. The fourth-order valence-corrected chi connectivity index (χ4v) is 2.59. The molecule has 1 fully saturated rings. The second kappa shape index (κ2) is 4.47. The van der Waals surface area contributed by atoms with Crippen LogP contribution in [0.1, 0.15) is 47.5 Å². The van der Waals surface area contributed by atoms with E-state index in [9.17, 15) is 4.79 Å². The Kier molecular flexibility index (Phi) is 3.83. The van der Waals surface area contributed by atoms with Crippen molar-refractivity contribution in [3.8, 4) is 0 Å². The topological polar surface area (TPSA) is 29.5 Å². The fourth-order valence-electron chi connectivity index (χ4n) is 2.03. The first-order valence-electron chi connectivity index (χ1n) is 5.80. The highest BCUT2D eigenvalue weighted by atomic mass is 32.1. The molecular formula is C12H23NO2S. The van der Waals surface area contributed by atoms with Gasteiger partial charge >= 0.3 is 6.09 Å². The van der Waals surface area contributed by atoms with Crippen LogP contribution in [0.25, 0.3) is 0 Å². The Balaban J connectivity index is 2.69. The number of hydrogen-bond acceptors (Lipinski definition) is 3. The lowest BCUT2D eigenvalue weighted by Gasteiger charge is -2.44. The first-order valence-corrected chi connectivity index (χ1v) is 6.32. The van der Waals surface area contributed by atoms with E-state index in [4.69, 9.17) is 4.74 Å². The Morgan fingerprint density at radius 2 is 2.00 bits per heavy atom. The molecular weight excluding hydrogens is 222 g/mol. The third-order valence-corrected chi connectivity index (χ3v) is 3.21. The third kappa shape index (κ3) is 3.58. The van der Waals surface area contributed by atoms with E-state index in [0.717, 1.165) is 19.4 Å². The van der Waals surface area contributed by atoms with Crippen molar-refractivity contribution in [1.82, 2.24) is 4.90 Å². The van der Waals surface area contributed by atoms with Gasteiger partial charge in [0.05, 0.1) is 0 Å². The summed E-state index contributed by atoms with van der Waals surface area (Å²) in [6.07, 6.45) is 1.64. The van der Waals surface area contributed by atoms with Crippen LogP contribution in [-0.4, -0.2) is 33.9 Å². The number of amides is 1. The van der Waals surface area contributed by atoms with Crippen LogP contribution in [-0.2, 0) is 4.74 Å². The summed E-state index contributed by atoms with van der Waals surface area (Å²) in [5, 5.41) is 0.383. The van der Waals surface area contributed by atoms with Crippen LogP contribution >= 0.6 is 12.6 Å². The summed E-state index contributed by atoms with van der Waals surface area (Å²) in [5.74, 6) is 0. The number of ether oxygens (including phenoxy) is 1. The molecule has 0 bridgehead atoms. The van der Waals surface area contributed by atoms with Gasteiger partial charge in [0.25, 0.3) is 0 Å². The van der Waals surface area contributed by atoms with Gasteiger partial charge < -0.3 is 9.64 Å². The van der Waals surface area contributed by atoms with E-state index in [2.05, 4.69) is 26.5 Å². The van der Waals surface area contributed by atoms with Crippen molar-refractivity contribution in [1.29, 1.82) is 0 Å². The van der Waals surface area contributed by atoms with E-state index >= 15 is 0 Å². The smallest absolute Gasteiger partial charge is 0.410 e. The minimum absolute atomic E-state index is 0.160. The highest BCUT2D eigenvalue weighted by Gasteiger charge is 2.38. The molecule has 0 radical (unpaired) electrons. The first-order chi connectivity index (χ1) is 7.12. The van der Waals surface area contributed by atoms with Gasteiger partial charge in [-0.15, -0.1) is 0 Å². The quantitative estimate of drug-likeness (QED) is 0.665. The Labute approximate surface area is 104 Å². The van der Waals surface area contributed by atoms with Gasteiger partial charge in [-0.05, 0) is 47.5 Å². The monoisotopic (exact) mass is 245 g/mol. The highest BCUT2D eigenvalue weighted by molar-refractivity contribution is 7.80. The van der Waals surface area contributed by atoms with Gasteiger partial charge in [0.2, 0.25) is 0 Å². The molecule has 1 heterocycles. The van der Waals surface area contributed by atoms with Crippen molar-refractivity contribution < 1.29 is 9.53 Å². The summed E-state index contributed by atoms with van der Waals surface area (Å²) >= 11 is 4.49. The highest BCUT2D eigenvalue weighted by Crippen LogP contribution is 2.31. The molecule has 94 valence electrons. The molecule has 0 spiro atoms. The first kappa shape index (κ1) is 13.7. The molecule has 0 N–H and O–H groups in total. The van der Waals surface area contributed by atoms with E-state index in [1.54, 1.807) is 0 Å². The van der Waals surface area contributed by atoms with Gasteiger partial charge in [-0.25, -0.2) is 4.79 Å². The van der Waals surface area contributed by atoms with Crippen LogP contribution in [0.4, 0.5) is 4.79 Å². The molecule has 1 aliphatic rings. The molecule has 1 saturated heterocycles. The fraction of sp³-hybridized carbons (Fsp3) is 0.917. The minimum atomic E-state index is -0.426. The summed E-state index contributed by atoms with van der Waals surface area (Å²) in [4.78, 5) is 13.8. The molecule has 0 saturated carbocycles. The predicted molar refractivity (Wildman–Crippen MR) is 69.0 cm³/mol. The van der Waals surface area contributed by atoms with E-state index in [1.807, 2.05) is 25.7 Å². The second-order valence-corrected chi connectivity index (χ2v) is 6.82. The normalized spacial score (nSPS) is 25.4. The van der Waals surface area contributed by atoms with Gasteiger partial charge in [-0.3, -0.25) is 0 Å². The predicted octanol–water partition coefficient (Wildman–Crippen LogP) is 3.09. The maximum atomic E-state index is 12.0. The largest absolute Gasteiger partial charge is 0.444 e. The maximum Gasteiger partial charge on any atom is 0.410 e. The third-order valence-electron chi connectivity index (χ3n) is 2.77. The number of thiol groups is 1. The number of piperidine rings is 1. The van der Waals surface area contributed by atoms with E-state index < -0.39 is 5.60 Å². The lowest BCUT2D eigenvalue weighted by atomic mass is 9.90. The van der Waals surface area contributed by atoms with Crippen molar-refractivity contribution in [2.45, 2.75) is 63.9 Å². The van der Waals surface area contributed by atoms with Crippen molar-refractivity contribution in [3.63, 3.8) is 0 Å². The van der Waals surface area contributed by atoms with E-state index in [1.165, 1.54) is 0 Å². The molecule has 4 heteroatoms. The number of rotatable bonds is 0. The van der Waals surface area contributed by atoms with Gasteiger partial charge in [-0.1, -0.05) is 0 Å². The number of hydrogen-bond donors (Lipinski definition) is 1. The average molecular weight is 245 g/mol. The summed E-state index contributed by atoms with van der Waals surface area (Å²) in [7, 11) is 0. The number of nitrogens with zero attached hydrogens (tertiary/aromatic N) is 1. The Bertz CT molecular complexity index is 271. The van der Waals surface area contributed by atoms with Crippen LogP contribution in [0.2, 0.25) is 0 Å². The molecule has 16 heavy (non-hydrogen) atoms. The zero-order valence-corrected chi connectivity index (χ0v) is 11.8. The van der Waals surface area contributed by atoms with Crippen LogP contribution in [0.5, 0.6) is 0 Å². The second-order valence-electron chi connectivity index (χ2n) is 6.09. The number of likely N-dealkylation sites (tertiary alicyclic amines) is 1. The maximum absolute atomic E-state index is 12.0. The Morgan fingerprint density at radius 3 is 2.44 bits per heavy atom. The zero-order chi connectivity index (χ0) is 12.6. The van der Waals surface area contributed by atoms with Crippen molar-refractivity contribution >= 4 is 18.7 Å². The van der Waals surface area contributed by atoms with Crippen LogP contribution in [0.15, 0.2) is 0 Å². The standard InChI is InChI=1S/C12H23NO2S/c1-11(2,3)15-10(14)13-7-6-9(16)8-12(13,4)5/h9,16H,6-8H2,1-5H3. The average Bonchev–Trinajstić information content (AvgIpc) is 1.97. The molecule has 0 aromatic carbocycles. The van der Waals surface area contributed by atoms with Crippen molar-refractivity contribution in [2.75, 3.05) is 6.54 Å². The van der Waals surface area contributed by atoms with E-state index in [-0.39, 0.29) is 11.6 Å². The molecule has 1 atom stereocenters. The Morgan fingerprint density at radius 1 is 1.44 bits per heavy atom. The SMILES string of the molecule is CC(C)(C)OC(=O)N1CCC(S)CC1(C)C.